The van der Waals surface area contributed by atoms with Crippen molar-refractivity contribution in [2.24, 2.45) is 11.8 Å². The molecule has 0 saturated heterocycles. The van der Waals surface area contributed by atoms with E-state index >= 15 is 0 Å². The van der Waals surface area contributed by atoms with Gasteiger partial charge in [-0.25, -0.2) is 0 Å². The molecule has 150 valence electrons. The molecule has 0 saturated carbocycles. The molecule has 0 fully saturated rings. The summed E-state index contributed by atoms with van der Waals surface area (Å²) in [5.41, 5.74) is 5.57. The maximum atomic E-state index is 11.9. The van der Waals surface area contributed by atoms with Crippen LogP contribution in [-0.2, 0) is 24.3 Å². The van der Waals surface area contributed by atoms with Crippen molar-refractivity contribution in [2.45, 2.75) is 39.3 Å². The van der Waals surface area contributed by atoms with Crippen LogP contribution in [-0.4, -0.2) is 36.7 Å². The number of hydrogen-bond acceptors (Lipinski definition) is 6. The van der Waals surface area contributed by atoms with Gasteiger partial charge in [-0.3, -0.25) is 9.78 Å². The Balaban J connectivity index is 1.58. The number of fused-ring (bicyclic) bond motifs is 1. The fraction of sp³-hybridized carbons (Fsp3) is 0.381. The zero-order valence-electron chi connectivity index (χ0n) is 16.5. The Morgan fingerprint density at radius 3 is 2.66 bits per heavy atom. The summed E-state index contributed by atoms with van der Waals surface area (Å²) in [5, 5.41) is 27.3. The molecular weight excluding hydrogens is 368 g/mol. The van der Waals surface area contributed by atoms with E-state index in [2.05, 4.69) is 49.1 Å². The SMILES string of the molecule is CC(C)[C@H](C(=O)O)[C@H](Cc1ccc(-c2ccc3c(c2)CNC3)nc1)c1nn[nH]n1. The number of carbonyl (C=O) groups is 1. The Morgan fingerprint density at radius 2 is 2.00 bits per heavy atom. The molecule has 2 atom stereocenters. The van der Waals surface area contributed by atoms with Gasteiger partial charge in [0.2, 0.25) is 0 Å². The van der Waals surface area contributed by atoms with Crippen LogP contribution in [0.2, 0.25) is 0 Å². The molecule has 29 heavy (non-hydrogen) atoms. The quantitative estimate of drug-likeness (QED) is 0.566. The second-order valence-corrected chi connectivity index (χ2v) is 7.83. The predicted octanol–water partition coefficient (Wildman–Crippen LogP) is 2.55. The van der Waals surface area contributed by atoms with E-state index in [4.69, 9.17) is 0 Å². The molecule has 3 aromatic rings. The minimum absolute atomic E-state index is 0.0664. The largest absolute Gasteiger partial charge is 0.481 e. The molecule has 0 bridgehead atoms. The van der Waals surface area contributed by atoms with Crippen molar-refractivity contribution in [2.75, 3.05) is 0 Å². The van der Waals surface area contributed by atoms with Gasteiger partial charge < -0.3 is 10.4 Å². The summed E-state index contributed by atoms with van der Waals surface area (Å²) in [6.07, 6.45) is 2.29. The lowest BCUT2D eigenvalue weighted by Crippen LogP contribution is -2.29. The van der Waals surface area contributed by atoms with Gasteiger partial charge in [0, 0.05) is 30.8 Å². The van der Waals surface area contributed by atoms with Crippen LogP contribution in [0.15, 0.2) is 36.5 Å². The monoisotopic (exact) mass is 392 g/mol. The molecule has 0 aliphatic carbocycles. The highest BCUT2D eigenvalue weighted by Crippen LogP contribution is 2.32. The summed E-state index contributed by atoms with van der Waals surface area (Å²) in [6, 6.07) is 10.4. The van der Waals surface area contributed by atoms with Crippen molar-refractivity contribution >= 4 is 5.97 Å². The highest BCUT2D eigenvalue weighted by molar-refractivity contribution is 5.71. The molecule has 8 heteroatoms. The lowest BCUT2D eigenvalue weighted by molar-refractivity contribution is -0.144. The summed E-state index contributed by atoms with van der Waals surface area (Å²) < 4.78 is 0. The fourth-order valence-corrected chi connectivity index (χ4v) is 4.05. The Labute approximate surface area is 168 Å². The zero-order valence-corrected chi connectivity index (χ0v) is 16.5. The van der Waals surface area contributed by atoms with Crippen molar-refractivity contribution in [3.05, 3.63) is 59.0 Å². The highest BCUT2D eigenvalue weighted by atomic mass is 16.4. The van der Waals surface area contributed by atoms with E-state index in [9.17, 15) is 9.90 Å². The number of tetrazole rings is 1. The summed E-state index contributed by atoms with van der Waals surface area (Å²) in [4.78, 5) is 16.5. The normalized spacial score (nSPS) is 15.3. The van der Waals surface area contributed by atoms with E-state index < -0.39 is 11.9 Å². The topological polar surface area (TPSA) is 117 Å². The number of benzene rings is 1. The van der Waals surface area contributed by atoms with E-state index in [0.29, 0.717) is 12.2 Å². The molecule has 0 unspecified atom stereocenters. The summed E-state index contributed by atoms with van der Waals surface area (Å²) >= 11 is 0. The molecule has 1 aromatic carbocycles. The fourth-order valence-electron chi connectivity index (χ4n) is 4.05. The molecule has 0 radical (unpaired) electrons. The predicted molar refractivity (Wildman–Crippen MR) is 107 cm³/mol. The third kappa shape index (κ3) is 4.02. The van der Waals surface area contributed by atoms with Crippen LogP contribution in [0, 0.1) is 11.8 Å². The number of carboxylic acids is 1. The minimum atomic E-state index is -0.855. The average molecular weight is 392 g/mol. The van der Waals surface area contributed by atoms with E-state index in [1.165, 1.54) is 11.1 Å². The van der Waals surface area contributed by atoms with Gasteiger partial charge in [-0.2, -0.15) is 5.21 Å². The van der Waals surface area contributed by atoms with Crippen LogP contribution in [0.5, 0.6) is 0 Å². The summed E-state index contributed by atoms with van der Waals surface area (Å²) in [7, 11) is 0. The Bertz CT molecular complexity index is 985. The number of aromatic nitrogens is 5. The van der Waals surface area contributed by atoms with Crippen LogP contribution >= 0.6 is 0 Å². The van der Waals surface area contributed by atoms with Crippen LogP contribution in [0.4, 0.5) is 0 Å². The van der Waals surface area contributed by atoms with Crippen LogP contribution in [0.1, 0.15) is 42.3 Å². The smallest absolute Gasteiger partial charge is 0.307 e. The second kappa shape index (κ2) is 8.08. The van der Waals surface area contributed by atoms with Crippen molar-refractivity contribution in [3.8, 4) is 11.3 Å². The van der Waals surface area contributed by atoms with Crippen LogP contribution in [0.25, 0.3) is 11.3 Å². The first-order chi connectivity index (χ1) is 14.0. The molecule has 3 heterocycles. The standard InChI is InChI=1S/C21H24N6O2/c1-12(2)19(21(28)29)17(20-24-26-27-25-20)7-13-3-6-18(23-9-13)14-4-5-15-10-22-11-16(15)8-14/h3-6,8-9,12,17,19,22H,7,10-11H2,1-2H3,(H,28,29)(H,24,25,26,27)/t17-,19-/m0/s1. The molecule has 1 aliphatic heterocycles. The van der Waals surface area contributed by atoms with Crippen molar-refractivity contribution in [1.82, 2.24) is 30.9 Å². The highest BCUT2D eigenvalue weighted by Gasteiger charge is 2.35. The Morgan fingerprint density at radius 1 is 1.17 bits per heavy atom. The number of hydrogen-bond donors (Lipinski definition) is 3. The lowest BCUT2D eigenvalue weighted by atomic mass is 9.79. The van der Waals surface area contributed by atoms with E-state index in [1.807, 2.05) is 32.2 Å². The molecule has 0 amide bonds. The zero-order chi connectivity index (χ0) is 20.4. The Hall–Kier alpha value is -3.13. The third-order valence-electron chi connectivity index (χ3n) is 5.54. The van der Waals surface area contributed by atoms with E-state index in [0.717, 1.165) is 29.9 Å². The first kappa shape index (κ1) is 19.2. The van der Waals surface area contributed by atoms with Crippen LogP contribution < -0.4 is 5.32 Å². The number of pyridine rings is 1. The van der Waals surface area contributed by atoms with Gasteiger partial charge >= 0.3 is 5.97 Å². The maximum Gasteiger partial charge on any atom is 0.307 e. The van der Waals surface area contributed by atoms with Gasteiger partial charge in [0.25, 0.3) is 0 Å². The van der Waals surface area contributed by atoms with Gasteiger partial charge in [-0.1, -0.05) is 37.3 Å². The molecule has 1 aliphatic rings. The number of H-pyrrole nitrogens is 1. The Kier molecular flexibility index (Phi) is 5.35. The van der Waals surface area contributed by atoms with Gasteiger partial charge in [-0.05, 0) is 41.2 Å². The van der Waals surface area contributed by atoms with Gasteiger partial charge in [0.15, 0.2) is 5.82 Å². The number of rotatable bonds is 7. The third-order valence-corrected chi connectivity index (χ3v) is 5.54. The summed E-state index contributed by atoms with van der Waals surface area (Å²) in [6.45, 7) is 5.60. The minimum Gasteiger partial charge on any atom is -0.481 e. The molecule has 3 N–H and O–H groups in total. The van der Waals surface area contributed by atoms with Crippen molar-refractivity contribution in [1.29, 1.82) is 0 Å². The van der Waals surface area contributed by atoms with Gasteiger partial charge in [0.1, 0.15) is 0 Å². The molecule has 0 spiro atoms. The van der Waals surface area contributed by atoms with Crippen molar-refractivity contribution < 1.29 is 9.90 Å². The molecule has 8 nitrogen and oxygen atoms in total. The first-order valence-corrected chi connectivity index (χ1v) is 9.77. The summed E-state index contributed by atoms with van der Waals surface area (Å²) in [5.74, 6) is -1.50. The second-order valence-electron chi connectivity index (χ2n) is 7.83. The number of aliphatic carboxylic acids is 1. The van der Waals surface area contributed by atoms with Gasteiger partial charge in [0.05, 0.1) is 11.6 Å². The van der Waals surface area contributed by atoms with Gasteiger partial charge in [-0.15, -0.1) is 10.2 Å². The van der Waals surface area contributed by atoms with E-state index in [1.54, 1.807) is 0 Å². The first-order valence-electron chi connectivity index (χ1n) is 9.77. The van der Waals surface area contributed by atoms with Crippen LogP contribution in [0.3, 0.4) is 0 Å². The van der Waals surface area contributed by atoms with E-state index in [-0.39, 0.29) is 11.8 Å². The number of nitrogens with one attached hydrogen (secondary N) is 2. The molecule has 2 aromatic heterocycles. The number of carboxylic acid groups (broad SMARTS) is 1. The van der Waals surface area contributed by atoms with Crippen molar-refractivity contribution in [3.63, 3.8) is 0 Å². The maximum absolute atomic E-state index is 11.9. The number of nitrogens with zero attached hydrogens (tertiary/aromatic N) is 4. The average Bonchev–Trinajstić information content (AvgIpc) is 3.38. The number of aromatic amines is 1. The molecular formula is C21H24N6O2. The molecule has 4 rings (SSSR count). The lowest BCUT2D eigenvalue weighted by Gasteiger charge is -2.24.